The molecule has 21 heavy (non-hydrogen) atoms. The molecule has 5 nitrogen and oxygen atoms in total. The average molecular weight is 305 g/mol. The van der Waals surface area contributed by atoms with Gasteiger partial charge in [-0.1, -0.05) is 49.9 Å². The summed E-state index contributed by atoms with van der Waals surface area (Å²) in [5.74, 6) is 0.755. The van der Waals surface area contributed by atoms with E-state index in [2.05, 4.69) is 24.0 Å². The number of ketones is 1. The maximum atomic E-state index is 12.2. The van der Waals surface area contributed by atoms with Crippen molar-refractivity contribution in [3.63, 3.8) is 0 Å². The van der Waals surface area contributed by atoms with Gasteiger partial charge in [-0.15, -0.1) is 5.10 Å². The summed E-state index contributed by atoms with van der Waals surface area (Å²) in [5.41, 5.74) is 1.66. The zero-order valence-electron chi connectivity index (χ0n) is 12.4. The number of rotatable bonds is 6. The predicted molar refractivity (Wildman–Crippen MR) is 84.1 cm³/mol. The number of carbonyl (C=O) groups is 1. The minimum atomic E-state index is -0.242. The Morgan fingerprint density at radius 1 is 1.33 bits per heavy atom. The summed E-state index contributed by atoms with van der Waals surface area (Å²) in [6.07, 6.45) is 0. The molecule has 1 aromatic carbocycles. The maximum Gasteiger partial charge on any atom is 0.343 e. The number of hydrogen-bond donors (Lipinski definition) is 1. The summed E-state index contributed by atoms with van der Waals surface area (Å²) in [7, 11) is 0. The Morgan fingerprint density at radius 2 is 2.00 bits per heavy atom. The molecule has 0 amide bonds. The van der Waals surface area contributed by atoms with E-state index in [0.29, 0.717) is 23.2 Å². The topological polar surface area (TPSA) is 67.8 Å². The number of thioether (sulfide) groups is 1. The summed E-state index contributed by atoms with van der Waals surface area (Å²) >= 11 is 1.28. The van der Waals surface area contributed by atoms with Crippen molar-refractivity contribution in [2.24, 2.45) is 0 Å². The highest BCUT2D eigenvalue weighted by Crippen LogP contribution is 2.18. The molecule has 0 atom stereocenters. The number of H-pyrrole nitrogens is 1. The molecule has 0 saturated heterocycles. The Kier molecular flexibility index (Phi) is 5.01. The highest BCUT2D eigenvalue weighted by Gasteiger charge is 2.12. The van der Waals surface area contributed by atoms with Crippen LogP contribution in [0.1, 0.15) is 42.6 Å². The van der Waals surface area contributed by atoms with Crippen LogP contribution in [0.15, 0.2) is 34.2 Å². The molecular formula is C15H19N3O2S. The Bertz CT molecular complexity index is 671. The highest BCUT2D eigenvalue weighted by atomic mass is 32.2. The van der Waals surface area contributed by atoms with E-state index in [1.807, 2.05) is 31.2 Å². The molecule has 0 bridgehead atoms. The molecule has 0 fully saturated rings. The van der Waals surface area contributed by atoms with Gasteiger partial charge in [0, 0.05) is 12.1 Å². The lowest BCUT2D eigenvalue weighted by atomic mass is 10.0. The Hall–Kier alpha value is -1.82. The molecule has 0 unspecified atom stereocenters. The van der Waals surface area contributed by atoms with Crippen molar-refractivity contribution in [1.29, 1.82) is 0 Å². The van der Waals surface area contributed by atoms with E-state index in [4.69, 9.17) is 0 Å². The Morgan fingerprint density at radius 3 is 2.57 bits per heavy atom. The molecule has 0 aliphatic heterocycles. The minimum absolute atomic E-state index is 0.0356. The third-order valence-electron chi connectivity index (χ3n) is 3.27. The molecule has 0 aliphatic carbocycles. The minimum Gasteiger partial charge on any atom is -0.293 e. The van der Waals surface area contributed by atoms with E-state index in [-0.39, 0.29) is 17.2 Å². The molecule has 0 saturated carbocycles. The molecule has 2 rings (SSSR count). The van der Waals surface area contributed by atoms with Crippen LogP contribution < -0.4 is 5.69 Å². The van der Waals surface area contributed by atoms with E-state index in [0.717, 1.165) is 0 Å². The Labute approximate surface area is 127 Å². The molecule has 112 valence electrons. The normalized spacial score (nSPS) is 11.0. The van der Waals surface area contributed by atoms with Gasteiger partial charge in [-0.25, -0.2) is 9.89 Å². The van der Waals surface area contributed by atoms with E-state index >= 15 is 0 Å². The summed E-state index contributed by atoms with van der Waals surface area (Å²) < 4.78 is 1.51. The van der Waals surface area contributed by atoms with Gasteiger partial charge in [-0.3, -0.25) is 9.36 Å². The SMILES string of the molecule is CCn1c(SCC(=O)c2ccc(C(C)C)cc2)n[nH]c1=O. The lowest BCUT2D eigenvalue weighted by Crippen LogP contribution is -2.16. The lowest BCUT2D eigenvalue weighted by Gasteiger charge is -2.06. The van der Waals surface area contributed by atoms with Crippen molar-refractivity contribution >= 4 is 17.5 Å². The quantitative estimate of drug-likeness (QED) is 0.658. The third-order valence-corrected chi connectivity index (χ3v) is 4.25. The summed E-state index contributed by atoms with van der Waals surface area (Å²) in [6, 6.07) is 7.68. The molecule has 1 N–H and O–H groups in total. The fourth-order valence-electron chi connectivity index (χ4n) is 1.96. The largest absolute Gasteiger partial charge is 0.343 e. The van der Waals surface area contributed by atoms with Crippen LogP contribution in [0.2, 0.25) is 0 Å². The van der Waals surface area contributed by atoms with Crippen LogP contribution in [-0.2, 0) is 6.54 Å². The Balaban J connectivity index is 2.03. The number of Topliss-reactive ketones (excluding diaryl/α,β-unsaturated/α-hetero) is 1. The number of aromatic amines is 1. The molecule has 1 aromatic heterocycles. The third kappa shape index (κ3) is 3.64. The van der Waals surface area contributed by atoms with E-state index in [1.54, 1.807) is 0 Å². The number of carbonyl (C=O) groups excluding carboxylic acids is 1. The second-order valence-electron chi connectivity index (χ2n) is 5.04. The van der Waals surface area contributed by atoms with E-state index in [1.165, 1.54) is 21.9 Å². The summed E-state index contributed by atoms with van der Waals surface area (Å²) in [5, 5.41) is 6.87. The molecular weight excluding hydrogens is 286 g/mol. The van der Waals surface area contributed by atoms with Gasteiger partial charge in [-0.2, -0.15) is 0 Å². The molecule has 1 heterocycles. The predicted octanol–water partition coefficient (Wildman–Crippen LogP) is 2.69. The second kappa shape index (κ2) is 6.76. The second-order valence-corrected chi connectivity index (χ2v) is 5.99. The van der Waals surface area contributed by atoms with Crippen LogP contribution in [-0.4, -0.2) is 26.3 Å². The average Bonchev–Trinajstić information content (AvgIpc) is 2.85. The van der Waals surface area contributed by atoms with Crippen molar-refractivity contribution in [3.05, 3.63) is 45.9 Å². The van der Waals surface area contributed by atoms with Gasteiger partial charge in [-0.05, 0) is 18.4 Å². The first kappa shape index (κ1) is 15.6. The van der Waals surface area contributed by atoms with Crippen molar-refractivity contribution in [3.8, 4) is 0 Å². The van der Waals surface area contributed by atoms with E-state index in [9.17, 15) is 9.59 Å². The van der Waals surface area contributed by atoms with Crippen LogP contribution in [0.25, 0.3) is 0 Å². The van der Waals surface area contributed by atoms with Gasteiger partial charge < -0.3 is 0 Å². The maximum absolute atomic E-state index is 12.2. The molecule has 6 heteroatoms. The molecule has 0 aliphatic rings. The van der Waals surface area contributed by atoms with Gasteiger partial charge in [0.2, 0.25) is 0 Å². The molecule has 0 radical (unpaired) electrons. The first-order valence-electron chi connectivity index (χ1n) is 6.94. The van der Waals surface area contributed by atoms with Crippen molar-refractivity contribution in [2.75, 3.05) is 5.75 Å². The van der Waals surface area contributed by atoms with Gasteiger partial charge in [0.1, 0.15) is 0 Å². The van der Waals surface area contributed by atoms with Crippen molar-refractivity contribution in [2.45, 2.75) is 38.4 Å². The molecule has 2 aromatic rings. The number of benzene rings is 1. The number of hydrogen-bond acceptors (Lipinski definition) is 4. The first-order chi connectivity index (χ1) is 10.0. The van der Waals surface area contributed by atoms with E-state index < -0.39 is 0 Å². The van der Waals surface area contributed by atoms with Crippen LogP contribution in [0.4, 0.5) is 0 Å². The smallest absolute Gasteiger partial charge is 0.293 e. The van der Waals surface area contributed by atoms with Gasteiger partial charge >= 0.3 is 5.69 Å². The fraction of sp³-hybridized carbons (Fsp3) is 0.400. The van der Waals surface area contributed by atoms with Crippen molar-refractivity contribution < 1.29 is 4.79 Å². The summed E-state index contributed by atoms with van der Waals surface area (Å²) in [6.45, 7) is 6.64. The van der Waals surface area contributed by atoms with Crippen molar-refractivity contribution in [1.82, 2.24) is 14.8 Å². The zero-order chi connectivity index (χ0) is 15.4. The number of nitrogens with zero attached hydrogens (tertiary/aromatic N) is 2. The monoisotopic (exact) mass is 305 g/mol. The molecule has 0 spiro atoms. The highest BCUT2D eigenvalue weighted by molar-refractivity contribution is 7.99. The standard InChI is InChI=1S/C15H19N3O2S/c1-4-18-14(20)16-17-15(18)21-9-13(19)12-7-5-11(6-8-12)10(2)3/h5-8,10H,4,9H2,1-3H3,(H,16,20). The fourth-order valence-corrected chi connectivity index (χ4v) is 2.86. The number of nitrogens with one attached hydrogen (secondary N) is 1. The number of aromatic nitrogens is 3. The van der Waals surface area contributed by atoms with Crippen LogP contribution in [0, 0.1) is 0 Å². The van der Waals surface area contributed by atoms with Crippen LogP contribution >= 0.6 is 11.8 Å². The van der Waals surface area contributed by atoms with Gasteiger partial charge in [0.15, 0.2) is 10.9 Å². The van der Waals surface area contributed by atoms with Crippen LogP contribution in [0.5, 0.6) is 0 Å². The van der Waals surface area contributed by atoms with Crippen LogP contribution in [0.3, 0.4) is 0 Å². The zero-order valence-corrected chi connectivity index (χ0v) is 13.2. The van der Waals surface area contributed by atoms with Gasteiger partial charge in [0.25, 0.3) is 0 Å². The summed E-state index contributed by atoms with van der Waals surface area (Å²) in [4.78, 5) is 23.6. The lowest BCUT2D eigenvalue weighted by molar-refractivity contribution is 0.102. The first-order valence-corrected chi connectivity index (χ1v) is 7.92. The van der Waals surface area contributed by atoms with Gasteiger partial charge in [0.05, 0.1) is 5.75 Å².